The van der Waals surface area contributed by atoms with Crippen LogP contribution in [-0.2, 0) is 28.6 Å². The van der Waals surface area contributed by atoms with Crippen LogP contribution >= 0.6 is 0 Å². The van der Waals surface area contributed by atoms with Crippen molar-refractivity contribution in [2.24, 2.45) is 0 Å². The lowest BCUT2D eigenvalue weighted by Gasteiger charge is -2.34. The monoisotopic (exact) mass is 806 g/mol. The minimum atomic E-state index is -1.13. The number of unbranched alkanes of at least 4 members (excludes halogenated alkanes) is 25. The van der Waals surface area contributed by atoms with Gasteiger partial charge in [-0.1, -0.05) is 160 Å². The molecule has 0 aromatic rings. The number of rotatable bonds is 43. The molecule has 0 aliphatic rings. The minimum Gasteiger partial charge on any atom is -0.544 e. The molecule has 2 atom stereocenters. The summed E-state index contributed by atoms with van der Waals surface area (Å²) in [5.41, 5.74) is 0. The molecule has 0 aromatic heterocycles. The van der Waals surface area contributed by atoms with E-state index >= 15 is 0 Å². The summed E-state index contributed by atoms with van der Waals surface area (Å²) in [5, 5.41) is 11.6. The van der Waals surface area contributed by atoms with E-state index in [4.69, 9.17) is 14.2 Å². The molecule has 0 saturated heterocycles. The van der Waals surface area contributed by atoms with Crippen molar-refractivity contribution in [2.75, 3.05) is 41.0 Å². The molecule has 2 unspecified atom stereocenters. The number of carboxylic acid groups (broad SMARTS) is 1. The zero-order valence-corrected chi connectivity index (χ0v) is 38.0. The van der Waals surface area contributed by atoms with Gasteiger partial charge in [-0.3, -0.25) is 9.59 Å². The lowest BCUT2D eigenvalue weighted by atomic mass is 10.1. The molecule has 8 nitrogen and oxygen atoms in total. The normalized spacial score (nSPS) is 13.1. The van der Waals surface area contributed by atoms with Crippen molar-refractivity contribution in [1.82, 2.24) is 0 Å². The summed E-state index contributed by atoms with van der Waals surface area (Å²) in [5.74, 6) is -1.74. The van der Waals surface area contributed by atoms with Gasteiger partial charge in [0, 0.05) is 19.3 Å². The van der Waals surface area contributed by atoms with Crippen LogP contribution in [0.1, 0.15) is 219 Å². The molecule has 8 heteroatoms. The first-order valence-electron chi connectivity index (χ1n) is 23.9. The number of allylic oxidation sites excluding steroid dienone is 4. The summed E-state index contributed by atoms with van der Waals surface area (Å²) >= 11 is 0. The van der Waals surface area contributed by atoms with Crippen molar-refractivity contribution in [2.45, 2.75) is 231 Å². The summed E-state index contributed by atoms with van der Waals surface area (Å²) in [6.07, 6.45) is 44.9. The number of ether oxygens (including phenoxy) is 3. The van der Waals surface area contributed by atoms with E-state index in [9.17, 15) is 19.5 Å². The first-order chi connectivity index (χ1) is 27.6. The molecule has 57 heavy (non-hydrogen) atoms. The fourth-order valence-corrected chi connectivity index (χ4v) is 7.06. The fourth-order valence-electron chi connectivity index (χ4n) is 7.06. The highest BCUT2D eigenvalue weighted by molar-refractivity contribution is 5.70. The number of carboxylic acids is 1. The van der Waals surface area contributed by atoms with E-state index in [0.29, 0.717) is 12.8 Å². The van der Waals surface area contributed by atoms with E-state index in [2.05, 4.69) is 38.2 Å². The van der Waals surface area contributed by atoms with Crippen LogP contribution in [0.4, 0.5) is 0 Å². The van der Waals surface area contributed by atoms with Crippen LogP contribution in [0, 0.1) is 0 Å². The molecular formula is C49H91NO7. The second kappa shape index (κ2) is 40.6. The van der Waals surface area contributed by atoms with E-state index in [1.807, 2.05) is 0 Å². The van der Waals surface area contributed by atoms with Crippen LogP contribution in [0.3, 0.4) is 0 Å². The van der Waals surface area contributed by atoms with Gasteiger partial charge in [-0.15, -0.1) is 0 Å². The molecule has 0 spiro atoms. The quantitative estimate of drug-likeness (QED) is 0.0262. The SMILES string of the molecule is CCCCC/C=C/CCCCCCCC(=O)OCC(COCCC(C(=O)[O-])[N+](C)(C)C)OC(=O)CCCCCCCCC/C=C/CCCCCCCCCCCC. The average Bonchev–Trinajstić information content (AvgIpc) is 3.17. The molecule has 0 saturated carbocycles. The topological polar surface area (TPSA) is 102 Å². The molecule has 0 aliphatic heterocycles. The van der Waals surface area contributed by atoms with Gasteiger partial charge in [-0.2, -0.15) is 0 Å². The van der Waals surface area contributed by atoms with Gasteiger partial charge >= 0.3 is 11.9 Å². The molecule has 0 heterocycles. The summed E-state index contributed by atoms with van der Waals surface area (Å²) in [4.78, 5) is 36.9. The number of likely N-dealkylation sites (N-methyl/N-ethyl adjacent to an activating group) is 1. The summed E-state index contributed by atoms with van der Waals surface area (Å²) in [7, 11) is 5.41. The highest BCUT2D eigenvalue weighted by Gasteiger charge is 2.25. The van der Waals surface area contributed by atoms with E-state index < -0.39 is 18.1 Å². The molecule has 0 rings (SSSR count). The molecule has 334 valence electrons. The Morgan fingerprint density at radius 2 is 0.877 bits per heavy atom. The van der Waals surface area contributed by atoms with Gasteiger partial charge in [-0.25, -0.2) is 0 Å². The summed E-state index contributed by atoms with van der Waals surface area (Å²) in [6, 6.07) is -0.725. The van der Waals surface area contributed by atoms with Gasteiger partial charge in [-0.05, 0) is 64.2 Å². The van der Waals surface area contributed by atoms with E-state index in [1.54, 1.807) is 21.1 Å². The van der Waals surface area contributed by atoms with Gasteiger partial charge in [0.15, 0.2) is 6.10 Å². The smallest absolute Gasteiger partial charge is 0.306 e. The first-order valence-corrected chi connectivity index (χ1v) is 23.9. The van der Waals surface area contributed by atoms with Crippen LogP contribution in [-0.4, -0.2) is 75.5 Å². The summed E-state index contributed by atoms with van der Waals surface area (Å²) in [6.45, 7) is 4.64. The van der Waals surface area contributed by atoms with E-state index in [0.717, 1.165) is 51.4 Å². The first kappa shape index (κ1) is 54.8. The molecule has 0 bridgehead atoms. The third-order valence-electron chi connectivity index (χ3n) is 10.8. The van der Waals surface area contributed by atoms with Crippen molar-refractivity contribution in [3.8, 4) is 0 Å². The predicted octanol–water partition coefficient (Wildman–Crippen LogP) is 11.9. The Kier molecular flexibility index (Phi) is 39.0. The fraction of sp³-hybridized carbons (Fsp3) is 0.857. The largest absolute Gasteiger partial charge is 0.544 e. The van der Waals surface area contributed by atoms with Crippen LogP contribution < -0.4 is 5.11 Å². The minimum absolute atomic E-state index is 0.0392. The van der Waals surface area contributed by atoms with Gasteiger partial charge in [0.2, 0.25) is 0 Å². The van der Waals surface area contributed by atoms with Crippen molar-refractivity contribution in [1.29, 1.82) is 0 Å². The third-order valence-corrected chi connectivity index (χ3v) is 10.8. The number of carbonyl (C=O) groups is 3. The summed E-state index contributed by atoms with van der Waals surface area (Å²) < 4.78 is 17.2. The predicted molar refractivity (Wildman–Crippen MR) is 236 cm³/mol. The number of carbonyl (C=O) groups excluding carboxylic acids is 3. The highest BCUT2D eigenvalue weighted by atomic mass is 16.6. The zero-order valence-electron chi connectivity index (χ0n) is 38.0. The van der Waals surface area contributed by atoms with Crippen LogP contribution in [0.5, 0.6) is 0 Å². The van der Waals surface area contributed by atoms with Gasteiger partial charge in [0.1, 0.15) is 12.6 Å². The van der Waals surface area contributed by atoms with E-state index in [-0.39, 0.29) is 42.7 Å². The molecule has 0 amide bonds. The van der Waals surface area contributed by atoms with Gasteiger partial charge < -0.3 is 28.6 Å². The molecule has 0 aliphatic carbocycles. The number of quaternary nitrogens is 1. The van der Waals surface area contributed by atoms with Crippen molar-refractivity contribution < 1.29 is 38.2 Å². The second-order valence-electron chi connectivity index (χ2n) is 17.3. The standard InChI is InChI=1S/C49H91NO7/c1-6-8-10-12-14-16-18-20-21-22-23-24-25-26-27-28-30-32-34-36-38-40-48(52)57-45(43-55-42-41-46(49(53)54)50(3,4)5)44-56-47(51)39-37-35-33-31-29-19-17-15-13-11-9-7-2/h15,17,24-25,45-46H,6-14,16,18-23,26-44H2,1-5H3/b17-15+,25-24+. The number of esters is 2. The lowest BCUT2D eigenvalue weighted by Crippen LogP contribution is -2.55. The Labute approximate surface area is 351 Å². The van der Waals surface area contributed by atoms with Crippen LogP contribution in [0.15, 0.2) is 24.3 Å². The molecule has 0 N–H and O–H groups in total. The molecule has 0 aromatic carbocycles. The van der Waals surface area contributed by atoms with Gasteiger partial charge in [0.25, 0.3) is 0 Å². The molecule has 0 radical (unpaired) electrons. The van der Waals surface area contributed by atoms with Crippen LogP contribution in [0.2, 0.25) is 0 Å². The number of aliphatic carboxylic acids is 1. The highest BCUT2D eigenvalue weighted by Crippen LogP contribution is 2.15. The van der Waals surface area contributed by atoms with Gasteiger partial charge in [0.05, 0.1) is 40.3 Å². The Morgan fingerprint density at radius 3 is 1.30 bits per heavy atom. The maximum atomic E-state index is 12.7. The molecule has 0 fully saturated rings. The molecular weight excluding hydrogens is 715 g/mol. The Balaban J connectivity index is 4.25. The number of hydrogen-bond donors (Lipinski definition) is 0. The maximum Gasteiger partial charge on any atom is 0.306 e. The lowest BCUT2D eigenvalue weighted by molar-refractivity contribution is -0.889. The maximum absolute atomic E-state index is 12.7. The Hall–Kier alpha value is -2.19. The van der Waals surface area contributed by atoms with Crippen molar-refractivity contribution >= 4 is 17.9 Å². The van der Waals surface area contributed by atoms with Crippen LogP contribution in [0.25, 0.3) is 0 Å². The van der Waals surface area contributed by atoms with Crippen molar-refractivity contribution in [3.63, 3.8) is 0 Å². The van der Waals surface area contributed by atoms with Crippen molar-refractivity contribution in [3.05, 3.63) is 24.3 Å². The average molecular weight is 806 g/mol. The zero-order chi connectivity index (χ0) is 42.1. The number of hydrogen-bond acceptors (Lipinski definition) is 7. The Bertz CT molecular complexity index is 989. The van der Waals surface area contributed by atoms with E-state index in [1.165, 1.54) is 135 Å². The third kappa shape index (κ3) is 39.1. The number of nitrogens with zero attached hydrogens (tertiary/aromatic N) is 1. The second-order valence-corrected chi connectivity index (χ2v) is 17.3. The Morgan fingerprint density at radius 1 is 0.509 bits per heavy atom.